The maximum atomic E-state index is 9.61. The summed E-state index contributed by atoms with van der Waals surface area (Å²) >= 11 is 4.07. The third-order valence-corrected chi connectivity index (χ3v) is 2.92. The lowest BCUT2D eigenvalue weighted by molar-refractivity contribution is 0.204. The van der Waals surface area contributed by atoms with Crippen LogP contribution < -0.4 is 0 Å². The van der Waals surface area contributed by atoms with Gasteiger partial charge in [-0.15, -0.1) is 0 Å². The van der Waals surface area contributed by atoms with Crippen LogP contribution in [-0.4, -0.2) is 10.9 Å². The predicted molar refractivity (Wildman–Crippen MR) is 70.7 cm³/mol. The van der Waals surface area contributed by atoms with Crippen molar-refractivity contribution in [2.75, 3.05) is 5.75 Å². The summed E-state index contributed by atoms with van der Waals surface area (Å²) in [6.45, 7) is 0. The quantitative estimate of drug-likeness (QED) is 0.775. The molecule has 16 heavy (non-hydrogen) atoms. The first-order chi connectivity index (χ1) is 7.81. The van der Waals surface area contributed by atoms with E-state index >= 15 is 0 Å². The summed E-state index contributed by atoms with van der Waals surface area (Å²) in [5.74, 6) is 0.449. The Morgan fingerprint density at radius 3 is 2.00 bits per heavy atom. The van der Waals surface area contributed by atoms with Crippen LogP contribution in [-0.2, 0) is 0 Å². The Morgan fingerprint density at radius 2 is 1.44 bits per heavy atom. The third-order valence-electron chi connectivity index (χ3n) is 2.58. The van der Waals surface area contributed by atoms with E-state index < -0.39 is 6.10 Å². The largest absolute Gasteiger partial charge is 0.388 e. The van der Waals surface area contributed by atoms with Crippen LogP contribution in [0.4, 0.5) is 0 Å². The molecular weight excluding hydrogens is 216 g/mol. The van der Waals surface area contributed by atoms with Crippen molar-refractivity contribution < 1.29 is 5.11 Å². The van der Waals surface area contributed by atoms with Gasteiger partial charge in [0.1, 0.15) is 0 Å². The lowest BCUT2D eigenvalue weighted by Gasteiger charge is -2.08. The Hall–Kier alpha value is -1.25. The molecule has 0 aliphatic carbocycles. The van der Waals surface area contributed by atoms with Crippen molar-refractivity contribution in [1.29, 1.82) is 0 Å². The topological polar surface area (TPSA) is 20.2 Å². The standard InChI is InChI=1S/C14H14OS/c15-14(10-16)13-8-6-12(7-9-13)11-4-2-1-3-5-11/h1-9,14-16H,10H2. The minimum Gasteiger partial charge on any atom is -0.388 e. The molecule has 2 rings (SSSR count). The zero-order valence-corrected chi connectivity index (χ0v) is 9.77. The Labute approximate surface area is 101 Å². The maximum Gasteiger partial charge on any atom is 0.0877 e. The molecule has 0 aliphatic rings. The van der Waals surface area contributed by atoms with Crippen molar-refractivity contribution in [2.24, 2.45) is 0 Å². The van der Waals surface area contributed by atoms with Gasteiger partial charge in [0.25, 0.3) is 0 Å². The maximum absolute atomic E-state index is 9.61. The number of aliphatic hydroxyl groups excluding tert-OH is 1. The number of rotatable bonds is 3. The highest BCUT2D eigenvalue weighted by Gasteiger charge is 2.04. The van der Waals surface area contributed by atoms with Crippen LogP contribution in [0.3, 0.4) is 0 Å². The van der Waals surface area contributed by atoms with E-state index in [0.717, 1.165) is 11.1 Å². The average molecular weight is 230 g/mol. The van der Waals surface area contributed by atoms with Crippen LogP contribution in [0, 0.1) is 0 Å². The Bertz CT molecular complexity index is 436. The van der Waals surface area contributed by atoms with Gasteiger partial charge >= 0.3 is 0 Å². The van der Waals surface area contributed by atoms with E-state index in [2.05, 4.69) is 24.8 Å². The van der Waals surface area contributed by atoms with E-state index in [-0.39, 0.29) is 0 Å². The SMILES string of the molecule is OC(CS)c1ccc(-c2ccccc2)cc1. The number of hydrogen-bond donors (Lipinski definition) is 2. The van der Waals surface area contributed by atoms with E-state index in [9.17, 15) is 5.11 Å². The molecule has 1 atom stereocenters. The second kappa shape index (κ2) is 5.19. The molecule has 0 bridgehead atoms. The third kappa shape index (κ3) is 2.46. The zero-order chi connectivity index (χ0) is 11.4. The van der Waals surface area contributed by atoms with E-state index in [1.54, 1.807) is 0 Å². The minimum absolute atomic E-state index is 0.449. The van der Waals surface area contributed by atoms with Crippen molar-refractivity contribution in [2.45, 2.75) is 6.10 Å². The summed E-state index contributed by atoms with van der Waals surface area (Å²) in [6.07, 6.45) is -0.479. The van der Waals surface area contributed by atoms with Crippen LogP contribution >= 0.6 is 12.6 Å². The second-order valence-electron chi connectivity index (χ2n) is 3.69. The Kier molecular flexibility index (Phi) is 3.65. The van der Waals surface area contributed by atoms with E-state index in [0.29, 0.717) is 5.75 Å². The summed E-state index contributed by atoms with van der Waals surface area (Å²) < 4.78 is 0. The van der Waals surface area contributed by atoms with E-state index in [1.165, 1.54) is 5.56 Å². The fourth-order valence-electron chi connectivity index (χ4n) is 1.63. The molecule has 0 saturated heterocycles. The molecule has 2 aromatic carbocycles. The first kappa shape index (κ1) is 11.2. The van der Waals surface area contributed by atoms with Gasteiger partial charge in [-0.25, -0.2) is 0 Å². The molecular formula is C14H14OS. The van der Waals surface area contributed by atoms with Crippen LogP contribution in [0.5, 0.6) is 0 Å². The van der Waals surface area contributed by atoms with Crippen molar-refractivity contribution in [1.82, 2.24) is 0 Å². The summed E-state index contributed by atoms with van der Waals surface area (Å²) in [4.78, 5) is 0. The van der Waals surface area contributed by atoms with Crippen LogP contribution in [0.2, 0.25) is 0 Å². The van der Waals surface area contributed by atoms with E-state index in [4.69, 9.17) is 0 Å². The van der Waals surface area contributed by atoms with Crippen LogP contribution in [0.15, 0.2) is 54.6 Å². The molecule has 0 saturated carbocycles. The number of hydrogen-bond acceptors (Lipinski definition) is 2. The summed E-state index contributed by atoms with van der Waals surface area (Å²) in [5, 5.41) is 9.61. The minimum atomic E-state index is -0.479. The average Bonchev–Trinajstić information content (AvgIpc) is 2.39. The molecule has 0 amide bonds. The highest BCUT2D eigenvalue weighted by molar-refractivity contribution is 7.80. The van der Waals surface area contributed by atoms with E-state index in [1.807, 2.05) is 42.5 Å². The molecule has 1 nitrogen and oxygen atoms in total. The predicted octanol–water partition coefficient (Wildman–Crippen LogP) is 3.32. The molecule has 0 aromatic heterocycles. The number of benzene rings is 2. The number of aliphatic hydroxyl groups is 1. The molecule has 0 fully saturated rings. The van der Waals surface area contributed by atoms with Gasteiger partial charge in [0.05, 0.1) is 6.10 Å². The van der Waals surface area contributed by atoms with Crippen molar-refractivity contribution in [3.8, 4) is 11.1 Å². The molecule has 0 heterocycles. The molecule has 1 unspecified atom stereocenters. The van der Waals surface area contributed by atoms with Gasteiger partial charge in [0.2, 0.25) is 0 Å². The van der Waals surface area contributed by atoms with Crippen molar-refractivity contribution >= 4 is 12.6 Å². The first-order valence-electron chi connectivity index (χ1n) is 5.25. The highest BCUT2D eigenvalue weighted by Crippen LogP contribution is 2.22. The van der Waals surface area contributed by atoms with Crippen LogP contribution in [0.25, 0.3) is 11.1 Å². The summed E-state index contributed by atoms with van der Waals surface area (Å²) in [6, 6.07) is 18.1. The van der Waals surface area contributed by atoms with Gasteiger partial charge < -0.3 is 5.11 Å². The van der Waals surface area contributed by atoms with Crippen molar-refractivity contribution in [3.05, 3.63) is 60.2 Å². The zero-order valence-electron chi connectivity index (χ0n) is 8.88. The van der Waals surface area contributed by atoms with Gasteiger partial charge in [0, 0.05) is 5.75 Å². The smallest absolute Gasteiger partial charge is 0.0877 e. The fraction of sp³-hybridized carbons (Fsp3) is 0.143. The molecule has 2 aromatic rings. The summed E-state index contributed by atoms with van der Waals surface area (Å²) in [5.41, 5.74) is 3.26. The van der Waals surface area contributed by atoms with Gasteiger partial charge in [-0.2, -0.15) is 12.6 Å². The monoisotopic (exact) mass is 230 g/mol. The Balaban J connectivity index is 2.26. The van der Waals surface area contributed by atoms with Gasteiger partial charge in [0.15, 0.2) is 0 Å². The van der Waals surface area contributed by atoms with Gasteiger partial charge in [-0.3, -0.25) is 0 Å². The Morgan fingerprint density at radius 1 is 0.875 bits per heavy atom. The lowest BCUT2D eigenvalue weighted by atomic mass is 10.0. The molecule has 1 N–H and O–H groups in total. The molecule has 0 aliphatic heterocycles. The second-order valence-corrected chi connectivity index (χ2v) is 4.05. The van der Waals surface area contributed by atoms with Gasteiger partial charge in [-0.05, 0) is 16.7 Å². The summed E-state index contributed by atoms with van der Waals surface area (Å²) in [7, 11) is 0. The fourth-order valence-corrected chi connectivity index (χ4v) is 1.84. The molecule has 2 heteroatoms. The molecule has 0 spiro atoms. The highest BCUT2D eigenvalue weighted by atomic mass is 32.1. The van der Waals surface area contributed by atoms with Crippen molar-refractivity contribution in [3.63, 3.8) is 0 Å². The first-order valence-corrected chi connectivity index (χ1v) is 5.89. The number of thiol groups is 1. The molecule has 82 valence electrons. The lowest BCUT2D eigenvalue weighted by Crippen LogP contribution is -1.97. The van der Waals surface area contributed by atoms with Gasteiger partial charge in [-0.1, -0.05) is 54.6 Å². The normalized spacial score (nSPS) is 12.4. The van der Waals surface area contributed by atoms with Crippen LogP contribution in [0.1, 0.15) is 11.7 Å². The molecule has 0 radical (unpaired) electrons.